The third-order valence-electron chi connectivity index (χ3n) is 3.07. The molecule has 4 nitrogen and oxygen atoms in total. The summed E-state index contributed by atoms with van der Waals surface area (Å²) in [5, 5.41) is 0.268. The number of halogens is 1. The standard InChI is InChI=1S/C11H14ClNO3S/c1-16-9-3-7(4-9)8-5-10(12)13-11(6-8)17(2,14)15/h5-7,9H,3-4H2,1-2H3/t7-,9-. The van der Waals surface area contributed by atoms with E-state index in [-0.39, 0.29) is 16.3 Å². The van der Waals surface area contributed by atoms with Gasteiger partial charge in [-0.3, -0.25) is 0 Å². The van der Waals surface area contributed by atoms with Crippen molar-refractivity contribution in [2.24, 2.45) is 0 Å². The summed E-state index contributed by atoms with van der Waals surface area (Å²) in [6.07, 6.45) is 3.21. The van der Waals surface area contributed by atoms with Gasteiger partial charge in [0.25, 0.3) is 0 Å². The smallest absolute Gasteiger partial charge is 0.192 e. The lowest BCUT2D eigenvalue weighted by Crippen LogP contribution is -2.28. The normalized spacial score (nSPS) is 24.4. The van der Waals surface area contributed by atoms with Crippen molar-refractivity contribution in [2.45, 2.75) is 29.9 Å². The number of ether oxygens (including phenoxy) is 1. The maximum absolute atomic E-state index is 11.4. The minimum Gasteiger partial charge on any atom is -0.381 e. The molecular formula is C11H14ClNO3S. The van der Waals surface area contributed by atoms with Crippen molar-refractivity contribution in [2.75, 3.05) is 13.4 Å². The molecule has 1 saturated carbocycles. The number of rotatable bonds is 3. The van der Waals surface area contributed by atoms with E-state index in [4.69, 9.17) is 16.3 Å². The molecule has 0 atom stereocenters. The minimum absolute atomic E-state index is 0.0425. The first-order chi connectivity index (χ1) is 7.90. The lowest BCUT2D eigenvalue weighted by atomic mass is 9.78. The fourth-order valence-corrected chi connectivity index (χ4v) is 2.83. The Kier molecular flexibility index (Phi) is 3.43. The van der Waals surface area contributed by atoms with Crippen molar-refractivity contribution in [3.63, 3.8) is 0 Å². The summed E-state index contributed by atoms with van der Waals surface area (Å²) in [5.41, 5.74) is 0.929. The highest BCUT2D eigenvalue weighted by molar-refractivity contribution is 7.90. The zero-order valence-electron chi connectivity index (χ0n) is 9.68. The minimum atomic E-state index is -3.31. The summed E-state index contributed by atoms with van der Waals surface area (Å²) in [6, 6.07) is 3.34. The van der Waals surface area contributed by atoms with Crippen molar-refractivity contribution in [3.8, 4) is 0 Å². The van der Waals surface area contributed by atoms with Crippen LogP contribution in [0, 0.1) is 0 Å². The van der Waals surface area contributed by atoms with Crippen molar-refractivity contribution in [1.29, 1.82) is 0 Å². The number of hydrogen-bond acceptors (Lipinski definition) is 4. The molecule has 94 valence electrons. The van der Waals surface area contributed by atoms with Crippen molar-refractivity contribution < 1.29 is 13.2 Å². The van der Waals surface area contributed by atoms with Gasteiger partial charge in [-0.1, -0.05) is 11.6 Å². The molecule has 1 aliphatic carbocycles. The first-order valence-electron chi connectivity index (χ1n) is 5.30. The molecule has 0 spiro atoms. The van der Waals surface area contributed by atoms with Crippen LogP contribution in [0.4, 0.5) is 0 Å². The Labute approximate surface area is 106 Å². The van der Waals surface area contributed by atoms with Crippen molar-refractivity contribution in [3.05, 3.63) is 22.8 Å². The highest BCUT2D eigenvalue weighted by atomic mass is 35.5. The van der Waals surface area contributed by atoms with Gasteiger partial charge < -0.3 is 4.74 Å². The molecule has 0 aromatic carbocycles. The Bertz CT molecular complexity index is 524. The molecular weight excluding hydrogens is 262 g/mol. The number of methoxy groups -OCH3 is 1. The lowest BCUT2D eigenvalue weighted by Gasteiger charge is -2.34. The van der Waals surface area contributed by atoms with Gasteiger partial charge >= 0.3 is 0 Å². The number of sulfone groups is 1. The Morgan fingerprint density at radius 3 is 2.59 bits per heavy atom. The Hall–Kier alpha value is -0.650. The molecule has 0 aliphatic heterocycles. The van der Waals surface area contributed by atoms with Crippen LogP contribution in [0.1, 0.15) is 24.3 Å². The predicted molar refractivity (Wildman–Crippen MR) is 65.1 cm³/mol. The Morgan fingerprint density at radius 2 is 2.06 bits per heavy atom. The summed E-state index contributed by atoms with van der Waals surface area (Å²) in [5.74, 6) is 0.320. The molecule has 0 saturated heterocycles. The Balaban J connectivity index is 2.28. The van der Waals surface area contributed by atoms with Gasteiger partial charge in [-0.15, -0.1) is 0 Å². The van der Waals surface area contributed by atoms with E-state index >= 15 is 0 Å². The third kappa shape index (κ3) is 2.78. The summed E-state index contributed by atoms with van der Waals surface area (Å²) in [7, 11) is -1.63. The molecule has 0 N–H and O–H groups in total. The topological polar surface area (TPSA) is 56.3 Å². The van der Waals surface area contributed by atoms with Crippen LogP contribution in [0.5, 0.6) is 0 Å². The van der Waals surface area contributed by atoms with Crippen LogP contribution in [-0.2, 0) is 14.6 Å². The molecule has 6 heteroatoms. The van der Waals surface area contributed by atoms with Gasteiger partial charge in [-0.2, -0.15) is 0 Å². The van der Waals surface area contributed by atoms with E-state index in [1.807, 2.05) is 0 Å². The molecule has 1 heterocycles. The van der Waals surface area contributed by atoms with Crippen LogP contribution in [0.3, 0.4) is 0 Å². The van der Waals surface area contributed by atoms with E-state index in [1.54, 1.807) is 19.2 Å². The van der Waals surface area contributed by atoms with Crippen LogP contribution in [-0.4, -0.2) is 32.9 Å². The second kappa shape index (κ2) is 4.55. The van der Waals surface area contributed by atoms with Gasteiger partial charge in [0, 0.05) is 13.4 Å². The summed E-state index contributed by atoms with van der Waals surface area (Å²) in [4.78, 5) is 3.83. The first kappa shape index (κ1) is 12.8. The summed E-state index contributed by atoms with van der Waals surface area (Å²) >= 11 is 5.84. The maximum atomic E-state index is 11.4. The molecule has 0 radical (unpaired) electrons. The molecule has 0 bridgehead atoms. The predicted octanol–water partition coefficient (Wildman–Crippen LogP) is 2.03. The summed E-state index contributed by atoms with van der Waals surface area (Å²) < 4.78 is 28.1. The van der Waals surface area contributed by atoms with Gasteiger partial charge in [0.05, 0.1) is 6.10 Å². The fraction of sp³-hybridized carbons (Fsp3) is 0.545. The average Bonchev–Trinajstić information content (AvgIpc) is 2.13. The van der Waals surface area contributed by atoms with Crippen LogP contribution in [0.15, 0.2) is 17.2 Å². The van der Waals surface area contributed by atoms with Crippen LogP contribution in [0.25, 0.3) is 0 Å². The molecule has 1 aliphatic rings. The highest BCUT2D eigenvalue weighted by Crippen LogP contribution is 2.39. The molecule has 17 heavy (non-hydrogen) atoms. The van der Waals surface area contributed by atoms with Gasteiger partial charge in [-0.05, 0) is 36.5 Å². The van der Waals surface area contributed by atoms with E-state index in [1.165, 1.54) is 0 Å². The SMILES string of the molecule is CO[C@H]1C[C@H](c2cc(Cl)nc(S(C)(=O)=O)c2)C1. The summed E-state index contributed by atoms with van der Waals surface area (Å²) in [6.45, 7) is 0. The molecule has 0 amide bonds. The largest absolute Gasteiger partial charge is 0.381 e. The highest BCUT2D eigenvalue weighted by Gasteiger charge is 2.31. The molecule has 0 unspecified atom stereocenters. The monoisotopic (exact) mass is 275 g/mol. The van der Waals surface area contributed by atoms with Crippen molar-refractivity contribution in [1.82, 2.24) is 4.98 Å². The quantitative estimate of drug-likeness (QED) is 0.792. The Morgan fingerprint density at radius 1 is 1.41 bits per heavy atom. The van der Waals surface area contributed by atoms with E-state index in [2.05, 4.69) is 4.98 Å². The van der Waals surface area contributed by atoms with E-state index in [0.29, 0.717) is 5.92 Å². The zero-order chi connectivity index (χ0) is 12.6. The number of hydrogen-bond donors (Lipinski definition) is 0. The number of nitrogens with zero attached hydrogens (tertiary/aromatic N) is 1. The van der Waals surface area contributed by atoms with E-state index < -0.39 is 9.84 Å². The van der Waals surface area contributed by atoms with Gasteiger partial charge in [-0.25, -0.2) is 13.4 Å². The van der Waals surface area contributed by atoms with Crippen LogP contribution in [0.2, 0.25) is 5.15 Å². The van der Waals surface area contributed by atoms with Gasteiger partial charge in [0.2, 0.25) is 0 Å². The molecule has 2 rings (SSSR count). The molecule has 1 fully saturated rings. The van der Waals surface area contributed by atoms with E-state index in [0.717, 1.165) is 24.7 Å². The fourth-order valence-electron chi connectivity index (χ4n) is 1.95. The maximum Gasteiger partial charge on any atom is 0.192 e. The number of pyridine rings is 1. The lowest BCUT2D eigenvalue weighted by molar-refractivity contribution is 0.0257. The van der Waals surface area contributed by atoms with Crippen molar-refractivity contribution >= 4 is 21.4 Å². The second-order valence-electron chi connectivity index (χ2n) is 4.36. The average molecular weight is 276 g/mol. The van der Waals surface area contributed by atoms with Gasteiger partial charge in [0.1, 0.15) is 5.15 Å². The van der Waals surface area contributed by atoms with Crippen LogP contribution < -0.4 is 0 Å². The second-order valence-corrected chi connectivity index (χ2v) is 6.71. The molecule has 1 aromatic rings. The first-order valence-corrected chi connectivity index (χ1v) is 7.57. The molecule has 1 aromatic heterocycles. The zero-order valence-corrected chi connectivity index (χ0v) is 11.3. The van der Waals surface area contributed by atoms with E-state index in [9.17, 15) is 8.42 Å². The third-order valence-corrected chi connectivity index (χ3v) is 4.23. The number of aromatic nitrogens is 1. The van der Waals surface area contributed by atoms with Crippen LogP contribution >= 0.6 is 11.6 Å². The van der Waals surface area contributed by atoms with Gasteiger partial charge in [0.15, 0.2) is 14.9 Å².